The molecule has 0 saturated heterocycles. The number of hydrogen-bond acceptors (Lipinski definition) is 7. The summed E-state index contributed by atoms with van der Waals surface area (Å²) < 4.78 is 67.9. The van der Waals surface area contributed by atoms with E-state index in [1.807, 2.05) is 13.0 Å². The van der Waals surface area contributed by atoms with Crippen LogP contribution in [0.25, 0.3) is 0 Å². The predicted molar refractivity (Wildman–Crippen MR) is 157 cm³/mol. The Morgan fingerprint density at radius 1 is 0.955 bits per heavy atom. The van der Waals surface area contributed by atoms with Gasteiger partial charge < -0.3 is 14.8 Å². The molecule has 0 radical (unpaired) electrons. The molecule has 5 rings (SSSR count). The monoisotopic (exact) mass is 624 g/mol. The second-order valence-corrected chi connectivity index (χ2v) is 10.7. The van der Waals surface area contributed by atoms with Crippen LogP contribution in [0.3, 0.4) is 0 Å². The SMILES string of the molecule is COc1c(OCC(=O)Nc2cc(C)cc(C)n2)cccc1C1SC(c2ccc(F)cc2)=NN1C(=O)c1c(F)cc(F)cc1F. The van der Waals surface area contributed by atoms with Crippen molar-refractivity contribution in [1.29, 1.82) is 0 Å². The third-order valence-corrected chi connectivity index (χ3v) is 7.58. The molecule has 13 heteroatoms. The number of hydrazone groups is 1. The number of carbonyl (C=O) groups excluding carboxylic acids is 2. The number of halogens is 4. The summed E-state index contributed by atoms with van der Waals surface area (Å²) in [6.45, 7) is 3.25. The number of nitrogens with zero attached hydrogens (tertiary/aromatic N) is 3. The van der Waals surface area contributed by atoms with Gasteiger partial charge >= 0.3 is 0 Å². The Labute approximate surface area is 253 Å². The lowest BCUT2D eigenvalue weighted by atomic mass is 10.1. The van der Waals surface area contributed by atoms with Crippen molar-refractivity contribution >= 4 is 34.4 Å². The van der Waals surface area contributed by atoms with E-state index in [0.29, 0.717) is 29.1 Å². The van der Waals surface area contributed by atoms with Gasteiger partial charge in [-0.3, -0.25) is 9.59 Å². The molecule has 1 unspecified atom stereocenters. The van der Waals surface area contributed by atoms with Gasteiger partial charge in [0.15, 0.2) is 18.1 Å². The molecule has 1 atom stereocenters. The summed E-state index contributed by atoms with van der Waals surface area (Å²) in [5.41, 5.74) is 1.37. The lowest BCUT2D eigenvalue weighted by Crippen LogP contribution is -2.28. The molecule has 226 valence electrons. The van der Waals surface area contributed by atoms with Crippen molar-refractivity contribution in [2.75, 3.05) is 19.0 Å². The number of carbonyl (C=O) groups is 2. The van der Waals surface area contributed by atoms with Crippen LogP contribution in [-0.2, 0) is 4.79 Å². The zero-order valence-corrected chi connectivity index (χ0v) is 24.3. The van der Waals surface area contributed by atoms with Crippen molar-refractivity contribution in [2.24, 2.45) is 5.10 Å². The maximum absolute atomic E-state index is 14.7. The van der Waals surface area contributed by atoms with Gasteiger partial charge in [-0.15, -0.1) is 0 Å². The number of nitrogens with one attached hydrogen (secondary N) is 1. The second kappa shape index (κ2) is 12.8. The molecule has 2 heterocycles. The maximum atomic E-state index is 14.7. The quantitative estimate of drug-likeness (QED) is 0.224. The third kappa shape index (κ3) is 6.52. The molecule has 0 bridgehead atoms. The van der Waals surface area contributed by atoms with Crippen molar-refractivity contribution in [1.82, 2.24) is 9.99 Å². The molecule has 1 aliphatic rings. The molecule has 2 amide bonds. The van der Waals surface area contributed by atoms with Gasteiger partial charge in [0.2, 0.25) is 0 Å². The number of hydrogen-bond donors (Lipinski definition) is 1. The van der Waals surface area contributed by atoms with Crippen LogP contribution in [0.15, 0.2) is 71.8 Å². The minimum Gasteiger partial charge on any atom is -0.492 e. The van der Waals surface area contributed by atoms with E-state index in [4.69, 9.17) is 9.47 Å². The largest absolute Gasteiger partial charge is 0.492 e. The first-order valence-corrected chi connectivity index (χ1v) is 14.0. The lowest BCUT2D eigenvalue weighted by Gasteiger charge is -2.24. The summed E-state index contributed by atoms with van der Waals surface area (Å²) in [6, 6.07) is 14.3. The smallest absolute Gasteiger partial charge is 0.281 e. The molecular weight excluding hydrogens is 600 g/mol. The maximum Gasteiger partial charge on any atom is 0.281 e. The van der Waals surface area contributed by atoms with Crippen molar-refractivity contribution in [2.45, 2.75) is 19.2 Å². The molecule has 4 aromatic rings. The third-order valence-electron chi connectivity index (χ3n) is 6.37. The number of para-hydroxylation sites is 1. The molecule has 44 heavy (non-hydrogen) atoms. The average molecular weight is 625 g/mol. The molecule has 1 aromatic heterocycles. The van der Waals surface area contributed by atoms with Crippen molar-refractivity contribution < 1.29 is 36.6 Å². The first kappa shape index (κ1) is 30.5. The second-order valence-electron chi connectivity index (χ2n) is 9.66. The van der Waals surface area contributed by atoms with Crippen LogP contribution in [0.5, 0.6) is 11.5 Å². The number of ether oxygens (including phenoxy) is 2. The summed E-state index contributed by atoms with van der Waals surface area (Å²) in [4.78, 5) is 30.5. The number of methoxy groups -OCH3 is 1. The van der Waals surface area contributed by atoms with Gasteiger partial charge in [0.25, 0.3) is 11.8 Å². The van der Waals surface area contributed by atoms with Crippen LogP contribution >= 0.6 is 11.8 Å². The van der Waals surface area contributed by atoms with E-state index in [1.54, 1.807) is 25.1 Å². The Morgan fingerprint density at radius 2 is 1.66 bits per heavy atom. The van der Waals surface area contributed by atoms with Gasteiger partial charge in [-0.1, -0.05) is 23.9 Å². The fourth-order valence-electron chi connectivity index (χ4n) is 4.54. The number of aromatic nitrogens is 1. The summed E-state index contributed by atoms with van der Waals surface area (Å²) in [5, 5.41) is 7.00. The van der Waals surface area contributed by atoms with Crippen LogP contribution in [-0.4, -0.2) is 40.6 Å². The normalized spacial score (nSPS) is 14.3. The van der Waals surface area contributed by atoms with Gasteiger partial charge in [-0.2, -0.15) is 5.10 Å². The fraction of sp³-hybridized carbons (Fsp3) is 0.161. The molecule has 1 aliphatic heterocycles. The number of anilines is 1. The minimum atomic E-state index is -1.41. The molecule has 0 saturated carbocycles. The molecule has 0 spiro atoms. The fourth-order valence-corrected chi connectivity index (χ4v) is 5.72. The number of benzene rings is 3. The van der Waals surface area contributed by atoms with Crippen LogP contribution in [0.1, 0.15) is 38.1 Å². The van der Waals surface area contributed by atoms with Crippen molar-refractivity contribution in [3.05, 3.63) is 118 Å². The Kier molecular flexibility index (Phi) is 8.86. The highest BCUT2D eigenvalue weighted by Gasteiger charge is 2.39. The Balaban J connectivity index is 1.46. The van der Waals surface area contributed by atoms with E-state index in [0.717, 1.165) is 28.0 Å². The van der Waals surface area contributed by atoms with Crippen LogP contribution in [0.2, 0.25) is 0 Å². The highest BCUT2D eigenvalue weighted by Crippen LogP contribution is 2.47. The number of aryl methyl sites for hydroxylation is 2. The Morgan fingerprint density at radius 3 is 2.32 bits per heavy atom. The summed E-state index contributed by atoms with van der Waals surface area (Å²) in [5.74, 6) is -5.57. The zero-order chi connectivity index (χ0) is 31.5. The first-order chi connectivity index (χ1) is 21.0. The van der Waals surface area contributed by atoms with Gasteiger partial charge in [0.1, 0.15) is 45.1 Å². The van der Waals surface area contributed by atoms with E-state index in [9.17, 15) is 27.2 Å². The molecule has 1 N–H and O–H groups in total. The van der Waals surface area contributed by atoms with E-state index in [2.05, 4.69) is 15.4 Å². The molecule has 8 nitrogen and oxygen atoms in total. The summed E-state index contributed by atoms with van der Waals surface area (Å²) in [6.07, 6.45) is 0. The van der Waals surface area contributed by atoms with Gasteiger partial charge in [-0.25, -0.2) is 27.6 Å². The van der Waals surface area contributed by atoms with Crippen molar-refractivity contribution in [3.63, 3.8) is 0 Å². The summed E-state index contributed by atoms with van der Waals surface area (Å²) in [7, 11) is 1.35. The molecule has 3 aromatic carbocycles. The van der Waals surface area contributed by atoms with Gasteiger partial charge in [0.05, 0.1) is 7.11 Å². The van der Waals surface area contributed by atoms with Crippen LogP contribution < -0.4 is 14.8 Å². The Bertz CT molecular complexity index is 1740. The van der Waals surface area contributed by atoms with E-state index in [1.165, 1.54) is 37.4 Å². The Hall–Kier alpha value is -4.91. The number of rotatable bonds is 8. The predicted octanol–water partition coefficient (Wildman–Crippen LogP) is 6.53. The lowest BCUT2D eigenvalue weighted by molar-refractivity contribution is -0.118. The van der Waals surface area contributed by atoms with Gasteiger partial charge in [0, 0.05) is 29.0 Å². The van der Waals surface area contributed by atoms with E-state index < -0.39 is 52.6 Å². The number of thioether (sulfide) groups is 1. The van der Waals surface area contributed by atoms with Gasteiger partial charge in [-0.05, 0) is 61.9 Å². The van der Waals surface area contributed by atoms with E-state index in [-0.39, 0.29) is 16.5 Å². The van der Waals surface area contributed by atoms with E-state index >= 15 is 0 Å². The molecule has 0 fully saturated rings. The standard InChI is InChI=1S/C31H24F4N4O4S/c1-16-11-17(2)36-25(12-16)37-26(40)15-43-24-6-4-5-21(28(24)42-3)31-39(30(41)27-22(34)13-20(33)14-23(27)35)38-29(44-31)18-7-9-19(32)10-8-18/h4-14,31H,15H2,1-3H3,(H,36,37,40). The number of amides is 2. The highest BCUT2D eigenvalue weighted by molar-refractivity contribution is 8.14. The zero-order valence-electron chi connectivity index (χ0n) is 23.5. The minimum absolute atomic E-state index is 0.121. The van der Waals surface area contributed by atoms with Crippen molar-refractivity contribution in [3.8, 4) is 11.5 Å². The summed E-state index contributed by atoms with van der Waals surface area (Å²) >= 11 is 1.03. The van der Waals surface area contributed by atoms with Crippen LogP contribution in [0, 0.1) is 37.1 Å². The number of pyridine rings is 1. The molecular formula is C31H24F4N4O4S. The first-order valence-electron chi connectivity index (χ1n) is 13.1. The highest BCUT2D eigenvalue weighted by atomic mass is 32.2. The molecule has 0 aliphatic carbocycles. The average Bonchev–Trinajstić information content (AvgIpc) is 3.40. The van der Waals surface area contributed by atoms with Crippen LogP contribution in [0.4, 0.5) is 23.4 Å². The topological polar surface area (TPSA) is 93.1 Å².